The zero-order valence-electron chi connectivity index (χ0n) is 9.58. The molecule has 0 bridgehead atoms. The Kier molecular flexibility index (Phi) is 3.61. The Morgan fingerprint density at radius 1 is 1.37 bits per heavy atom. The summed E-state index contributed by atoms with van der Waals surface area (Å²) in [6.45, 7) is -1.84. The number of nitrogens with two attached hydrogens (primary N) is 1. The van der Waals surface area contributed by atoms with Crippen LogP contribution in [-0.2, 0) is 11.3 Å². The van der Waals surface area contributed by atoms with Crippen LogP contribution in [0.25, 0.3) is 11.1 Å². The van der Waals surface area contributed by atoms with E-state index in [1.807, 2.05) is 0 Å². The predicted molar refractivity (Wildman–Crippen MR) is 59.0 cm³/mol. The number of halogens is 4. The number of anilines is 1. The summed E-state index contributed by atoms with van der Waals surface area (Å²) < 4.78 is 58.6. The van der Waals surface area contributed by atoms with Crippen molar-refractivity contribution in [2.45, 2.75) is 19.0 Å². The predicted octanol–water partition coefficient (Wildman–Crippen LogP) is 2.83. The number of ether oxygens (including phenoxy) is 1. The highest BCUT2D eigenvalue weighted by Crippen LogP contribution is 2.24. The smallest absolute Gasteiger partial charge is 0.330 e. The zero-order chi connectivity index (χ0) is 14.0. The fourth-order valence-corrected chi connectivity index (χ4v) is 1.41. The van der Waals surface area contributed by atoms with E-state index in [1.165, 1.54) is 0 Å². The highest BCUT2D eigenvalue weighted by atomic mass is 19.3. The molecule has 2 rings (SSSR count). The van der Waals surface area contributed by atoms with Crippen molar-refractivity contribution < 1.29 is 26.7 Å². The number of nitrogens with zero attached hydrogens (tertiary/aromatic N) is 1. The second-order valence-electron chi connectivity index (χ2n) is 3.86. The summed E-state index contributed by atoms with van der Waals surface area (Å²) in [6, 6.07) is 4.83. The summed E-state index contributed by atoms with van der Waals surface area (Å²) >= 11 is 0. The van der Waals surface area contributed by atoms with Crippen LogP contribution in [-0.4, -0.2) is 23.9 Å². The maximum atomic E-state index is 12.6. The first-order valence-electron chi connectivity index (χ1n) is 5.28. The van der Waals surface area contributed by atoms with Gasteiger partial charge in [0.1, 0.15) is 18.7 Å². The summed E-state index contributed by atoms with van der Waals surface area (Å²) in [4.78, 5) is 3.93. The quantitative estimate of drug-likeness (QED) is 0.674. The molecule has 0 aliphatic heterocycles. The van der Waals surface area contributed by atoms with Gasteiger partial charge in [-0.2, -0.15) is 8.78 Å². The van der Waals surface area contributed by atoms with Gasteiger partial charge in [0.15, 0.2) is 5.58 Å². The maximum Gasteiger partial charge on any atom is 0.330 e. The summed E-state index contributed by atoms with van der Waals surface area (Å²) in [5.74, 6) is -4.19. The molecule has 8 heteroatoms. The van der Waals surface area contributed by atoms with Crippen molar-refractivity contribution in [1.29, 1.82) is 0 Å². The summed E-state index contributed by atoms with van der Waals surface area (Å²) in [7, 11) is 0. The fourth-order valence-electron chi connectivity index (χ4n) is 1.41. The van der Waals surface area contributed by atoms with Crippen LogP contribution in [0.1, 0.15) is 5.89 Å². The van der Waals surface area contributed by atoms with Crippen LogP contribution in [0.2, 0.25) is 0 Å². The second-order valence-corrected chi connectivity index (χ2v) is 3.86. The maximum absolute atomic E-state index is 12.6. The number of alkyl halides is 4. The first kappa shape index (κ1) is 13.6. The molecule has 104 valence electrons. The summed E-state index contributed by atoms with van der Waals surface area (Å²) in [5.41, 5.74) is 6.74. The first-order valence-corrected chi connectivity index (χ1v) is 5.28. The number of aromatic nitrogens is 1. The van der Waals surface area contributed by atoms with Gasteiger partial charge in [-0.3, -0.25) is 0 Å². The van der Waals surface area contributed by atoms with Crippen molar-refractivity contribution in [3.05, 3.63) is 24.1 Å². The van der Waals surface area contributed by atoms with Gasteiger partial charge in [0.25, 0.3) is 0 Å². The van der Waals surface area contributed by atoms with Gasteiger partial charge in [-0.1, -0.05) is 6.07 Å². The number of rotatable bonds is 5. The number of fused-ring (bicyclic) bond motifs is 1. The lowest BCUT2D eigenvalue weighted by atomic mass is 10.3. The third kappa shape index (κ3) is 2.95. The van der Waals surface area contributed by atoms with Gasteiger partial charge in [-0.05, 0) is 12.1 Å². The second kappa shape index (κ2) is 5.04. The molecule has 0 saturated heterocycles. The van der Waals surface area contributed by atoms with E-state index < -0.39 is 25.6 Å². The Hall–Kier alpha value is -1.83. The van der Waals surface area contributed by atoms with Crippen molar-refractivity contribution in [3.63, 3.8) is 0 Å². The van der Waals surface area contributed by atoms with Crippen molar-refractivity contribution in [1.82, 2.24) is 4.98 Å². The van der Waals surface area contributed by atoms with E-state index in [9.17, 15) is 17.6 Å². The number of para-hydroxylation sites is 1. The highest BCUT2D eigenvalue weighted by molar-refractivity contribution is 5.85. The molecule has 0 aliphatic rings. The minimum Gasteiger partial charge on any atom is -0.438 e. The van der Waals surface area contributed by atoms with Gasteiger partial charge < -0.3 is 14.9 Å². The lowest BCUT2D eigenvalue weighted by molar-refractivity contribution is -0.169. The van der Waals surface area contributed by atoms with Gasteiger partial charge in [0, 0.05) is 0 Å². The third-order valence-electron chi connectivity index (χ3n) is 2.33. The molecular formula is C11H10F4N2O2. The Labute approximate surface area is 105 Å². The number of benzene rings is 1. The molecule has 2 N–H and O–H groups in total. The van der Waals surface area contributed by atoms with Gasteiger partial charge >= 0.3 is 12.3 Å². The minimum absolute atomic E-state index is 0.00188. The average Bonchev–Trinajstić information content (AvgIpc) is 2.73. The Balaban J connectivity index is 2.01. The normalized spacial score (nSPS) is 12.5. The first-order chi connectivity index (χ1) is 8.90. The van der Waals surface area contributed by atoms with E-state index in [4.69, 9.17) is 10.2 Å². The van der Waals surface area contributed by atoms with Crippen LogP contribution < -0.4 is 5.73 Å². The lowest BCUT2D eigenvalue weighted by Crippen LogP contribution is -2.32. The summed E-state index contributed by atoms with van der Waals surface area (Å²) in [5, 5.41) is 0. The van der Waals surface area contributed by atoms with Gasteiger partial charge in [0.05, 0.1) is 5.69 Å². The van der Waals surface area contributed by atoms with Crippen LogP contribution in [0.5, 0.6) is 0 Å². The number of nitrogen functional groups attached to an aromatic ring is 1. The van der Waals surface area contributed by atoms with Crippen molar-refractivity contribution in [2.75, 3.05) is 12.3 Å². The van der Waals surface area contributed by atoms with Crippen molar-refractivity contribution in [2.24, 2.45) is 0 Å². The monoisotopic (exact) mass is 278 g/mol. The van der Waals surface area contributed by atoms with E-state index in [-0.39, 0.29) is 5.89 Å². The SMILES string of the molecule is Nc1cccc2oc(COCC(F)(F)C(F)F)nc12. The topological polar surface area (TPSA) is 61.3 Å². The Morgan fingerprint density at radius 2 is 2.11 bits per heavy atom. The molecule has 0 fully saturated rings. The van der Waals surface area contributed by atoms with Crippen molar-refractivity contribution >= 4 is 16.8 Å². The molecule has 0 unspecified atom stereocenters. The number of hydrogen-bond donors (Lipinski definition) is 1. The van der Waals surface area contributed by atoms with E-state index >= 15 is 0 Å². The molecule has 0 aliphatic carbocycles. The van der Waals surface area contributed by atoms with E-state index in [0.717, 1.165) is 0 Å². The highest BCUT2D eigenvalue weighted by Gasteiger charge is 2.41. The van der Waals surface area contributed by atoms with Gasteiger partial charge in [0.2, 0.25) is 5.89 Å². The molecule has 19 heavy (non-hydrogen) atoms. The molecular weight excluding hydrogens is 268 g/mol. The van der Waals surface area contributed by atoms with E-state index in [1.54, 1.807) is 18.2 Å². The molecule has 1 aromatic heterocycles. The van der Waals surface area contributed by atoms with Gasteiger partial charge in [-0.25, -0.2) is 13.8 Å². The lowest BCUT2D eigenvalue weighted by Gasteiger charge is -2.14. The zero-order valence-corrected chi connectivity index (χ0v) is 9.58. The molecule has 1 heterocycles. The van der Waals surface area contributed by atoms with Crippen LogP contribution in [0.4, 0.5) is 23.2 Å². The molecule has 0 spiro atoms. The van der Waals surface area contributed by atoms with E-state index in [2.05, 4.69) is 9.72 Å². The van der Waals surface area contributed by atoms with E-state index in [0.29, 0.717) is 16.8 Å². The minimum atomic E-state index is -4.19. The third-order valence-corrected chi connectivity index (χ3v) is 2.33. The number of oxazole rings is 1. The Morgan fingerprint density at radius 3 is 2.74 bits per heavy atom. The average molecular weight is 278 g/mol. The van der Waals surface area contributed by atoms with Crippen LogP contribution in [0, 0.1) is 0 Å². The fraction of sp³-hybridized carbons (Fsp3) is 0.364. The standard InChI is InChI=1S/C11H10F4N2O2/c12-10(13)11(14,15)5-18-4-8-17-9-6(16)2-1-3-7(9)19-8/h1-3,10H,4-5,16H2. The molecule has 4 nitrogen and oxygen atoms in total. The van der Waals surface area contributed by atoms with Crippen molar-refractivity contribution in [3.8, 4) is 0 Å². The number of hydrogen-bond acceptors (Lipinski definition) is 4. The van der Waals surface area contributed by atoms with Crippen LogP contribution in [0.15, 0.2) is 22.6 Å². The molecule has 2 aromatic rings. The largest absolute Gasteiger partial charge is 0.438 e. The Bertz CT molecular complexity index is 571. The molecule has 0 radical (unpaired) electrons. The summed E-state index contributed by atoms with van der Waals surface area (Å²) in [6.07, 6.45) is -3.77. The molecule has 1 aromatic carbocycles. The van der Waals surface area contributed by atoms with Crippen LogP contribution in [0.3, 0.4) is 0 Å². The molecule has 0 saturated carbocycles. The van der Waals surface area contributed by atoms with Crippen LogP contribution >= 0.6 is 0 Å². The molecule has 0 amide bonds. The molecule has 0 atom stereocenters. The van der Waals surface area contributed by atoms with Gasteiger partial charge in [-0.15, -0.1) is 0 Å².